The Morgan fingerprint density at radius 3 is 2.38 bits per heavy atom. The zero-order chi connectivity index (χ0) is 34.4. The third kappa shape index (κ3) is 7.46. The first-order chi connectivity index (χ1) is 23.1. The number of carbonyl (C=O) groups excluding carboxylic acids is 3. The Balaban J connectivity index is 1.43. The number of aldehydes is 1. The summed E-state index contributed by atoms with van der Waals surface area (Å²) >= 11 is 0. The summed E-state index contributed by atoms with van der Waals surface area (Å²) in [4.78, 5) is 47.6. The molecule has 0 spiro atoms. The lowest BCUT2D eigenvalue weighted by molar-refractivity contribution is 0.00702. The summed E-state index contributed by atoms with van der Waals surface area (Å²) < 4.78 is 18.5. The van der Waals surface area contributed by atoms with Crippen LogP contribution < -0.4 is 9.47 Å². The molecule has 9 nitrogen and oxygen atoms in total. The Kier molecular flexibility index (Phi) is 10.4. The third-order valence-electron chi connectivity index (χ3n) is 8.05. The Morgan fingerprint density at radius 1 is 0.958 bits per heavy atom. The summed E-state index contributed by atoms with van der Waals surface area (Å²) in [6, 6.07) is 18.7. The molecule has 0 N–H and O–H groups in total. The predicted molar refractivity (Wildman–Crippen MR) is 186 cm³/mol. The van der Waals surface area contributed by atoms with Gasteiger partial charge < -0.3 is 18.8 Å². The van der Waals surface area contributed by atoms with Crippen LogP contribution in [0.2, 0.25) is 0 Å². The smallest absolute Gasteiger partial charge is 0.339 e. The number of hydrogen-bond donors (Lipinski definition) is 0. The molecule has 0 atom stereocenters. The highest BCUT2D eigenvalue weighted by atomic mass is 16.6. The molecule has 0 bridgehead atoms. The lowest BCUT2D eigenvalue weighted by atomic mass is 9.98. The lowest BCUT2D eigenvalue weighted by Gasteiger charge is -2.20. The van der Waals surface area contributed by atoms with Gasteiger partial charge in [0.05, 0.1) is 48.0 Å². The largest absolute Gasteiger partial charge is 0.493 e. The molecule has 48 heavy (non-hydrogen) atoms. The number of carbonyl (C=O) groups is 3. The summed E-state index contributed by atoms with van der Waals surface area (Å²) in [5.41, 5.74) is 5.34. The van der Waals surface area contributed by atoms with Crippen molar-refractivity contribution in [2.75, 3.05) is 14.2 Å². The number of aliphatic imine (C=N–C) groups is 1. The topological polar surface area (TPSA) is 109 Å². The van der Waals surface area contributed by atoms with Crippen molar-refractivity contribution in [2.45, 2.75) is 65.5 Å². The Morgan fingerprint density at radius 2 is 1.71 bits per heavy atom. The number of amides is 1. The van der Waals surface area contributed by atoms with E-state index in [0.29, 0.717) is 36.3 Å². The third-order valence-corrected chi connectivity index (χ3v) is 8.05. The molecule has 3 aromatic carbocycles. The van der Waals surface area contributed by atoms with Gasteiger partial charge in [0.1, 0.15) is 11.4 Å². The zero-order valence-corrected chi connectivity index (χ0v) is 28.3. The Labute approximate surface area is 281 Å². The van der Waals surface area contributed by atoms with Gasteiger partial charge in [-0.2, -0.15) is 0 Å². The summed E-state index contributed by atoms with van der Waals surface area (Å²) in [5, 5.41) is 0. The van der Waals surface area contributed by atoms with E-state index in [4.69, 9.17) is 19.2 Å². The quantitative estimate of drug-likeness (QED) is 0.122. The van der Waals surface area contributed by atoms with E-state index < -0.39 is 11.5 Å². The van der Waals surface area contributed by atoms with E-state index in [1.54, 1.807) is 18.2 Å². The van der Waals surface area contributed by atoms with Crippen LogP contribution in [0.5, 0.6) is 11.5 Å². The molecule has 0 unspecified atom stereocenters. The molecule has 0 saturated heterocycles. The summed E-state index contributed by atoms with van der Waals surface area (Å²) in [7, 11) is 2.89. The van der Waals surface area contributed by atoms with E-state index in [9.17, 15) is 14.4 Å². The van der Waals surface area contributed by atoms with E-state index in [2.05, 4.69) is 28.6 Å². The monoisotopic (exact) mass is 647 g/mol. The number of imidazole rings is 1. The van der Waals surface area contributed by atoms with Crippen molar-refractivity contribution in [3.8, 4) is 22.6 Å². The molecule has 1 aliphatic carbocycles. The standard InChI is InChI=1S/C39H41N3O6/c1-7-8-13-35-41-32-20-18-27(40-37(44)29-19-21-34(46-5)36(47-6)31(29)24-43)22-33(32)42(35)23-25-14-16-26(17-15-25)28-11-9-10-12-30(28)38(45)48-39(2,3)4/h9-12,14-21,24H,7-8,13,22-23H2,1-6H3. The van der Waals surface area contributed by atoms with Crippen molar-refractivity contribution >= 4 is 30.0 Å². The van der Waals surface area contributed by atoms with Gasteiger partial charge >= 0.3 is 5.97 Å². The number of aryl methyl sites for hydroxylation is 1. The number of rotatable bonds is 11. The van der Waals surface area contributed by atoms with Crippen LogP contribution in [0.3, 0.4) is 0 Å². The first-order valence-corrected chi connectivity index (χ1v) is 16.1. The molecular formula is C39H41N3O6. The van der Waals surface area contributed by atoms with Crippen LogP contribution in [0, 0.1) is 0 Å². The van der Waals surface area contributed by atoms with E-state index in [1.165, 1.54) is 20.3 Å². The highest BCUT2D eigenvalue weighted by Gasteiger charge is 2.24. The number of esters is 1. The average molecular weight is 648 g/mol. The van der Waals surface area contributed by atoms with Gasteiger partial charge in [0.25, 0.3) is 5.91 Å². The molecule has 0 fully saturated rings. The number of ether oxygens (including phenoxy) is 3. The molecule has 0 aliphatic heterocycles. The van der Waals surface area contributed by atoms with Gasteiger partial charge in [0.2, 0.25) is 0 Å². The van der Waals surface area contributed by atoms with E-state index >= 15 is 0 Å². The van der Waals surface area contributed by atoms with Gasteiger partial charge in [0, 0.05) is 19.4 Å². The fourth-order valence-electron chi connectivity index (χ4n) is 5.74. The summed E-state index contributed by atoms with van der Waals surface area (Å²) in [6.07, 6.45) is 7.53. The number of aromatic nitrogens is 2. The lowest BCUT2D eigenvalue weighted by Crippen LogP contribution is -2.24. The van der Waals surface area contributed by atoms with Crippen LogP contribution >= 0.6 is 0 Å². The summed E-state index contributed by atoms with van der Waals surface area (Å²) in [6.45, 7) is 8.30. The van der Waals surface area contributed by atoms with E-state index in [-0.39, 0.29) is 22.8 Å². The number of benzene rings is 3. The molecule has 1 amide bonds. The normalized spacial score (nSPS) is 13.2. The molecule has 1 aromatic heterocycles. The number of methoxy groups -OCH3 is 2. The highest BCUT2D eigenvalue weighted by molar-refractivity contribution is 6.13. The number of nitrogens with zero attached hydrogens (tertiary/aromatic N) is 3. The zero-order valence-electron chi connectivity index (χ0n) is 28.3. The highest BCUT2D eigenvalue weighted by Crippen LogP contribution is 2.33. The molecule has 1 aliphatic rings. The molecule has 1 heterocycles. The minimum atomic E-state index is -0.595. The van der Waals surface area contributed by atoms with Gasteiger partial charge in [-0.05, 0) is 74.2 Å². The SMILES string of the molecule is CCCCc1nc2c(n1Cc1ccc(-c3ccccc3C(=O)OC(C)(C)C)cc1)CC(=NC(=O)c1ccc(OC)c(OC)c1C=O)C=C2. The first kappa shape index (κ1) is 34.0. The number of hydrogen-bond acceptors (Lipinski definition) is 7. The minimum Gasteiger partial charge on any atom is -0.493 e. The second-order valence-corrected chi connectivity index (χ2v) is 12.6. The van der Waals surface area contributed by atoms with Crippen LogP contribution in [0.25, 0.3) is 17.2 Å². The van der Waals surface area contributed by atoms with Crippen LogP contribution in [-0.2, 0) is 24.1 Å². The van der Waals surface area contributed by atoms with Crippen molar-refractivity contribution in [3.63, 3.8) is 0 Å². The number of fused-ring (bicyclic) bond motifs is 1. The van der Waals surface area contributed by atoms with E-state index in [1.807, 2.05) is 57.2 Å². The molecular weight excluding hydrogens is 606 g/mol. The van der Waals surface area contributed by atoms with E-state index in [0.717, 1.165) is 53.2 Å². The van der Waals surface area contributed by atoms with Crippen molar-refractivity contribution < 1.29 is 28.6 Å². The molecule has 5 rings (SSSR count). The Bertz CT molecular complexity index is 1890. The maximum Gasteiger partial charge on any atom is 0.339 e. The van der Waals surface area contributed by atoms with Gasteiger partial charge in [-0.25, -0.2) is 14.8 Å². The van der Waals surface area contributed by atoms with Crippen LogP contribution in [0.4, 0.5) is 0 Å². The van der Waals surface area contributed by atoms with Gasteiger partial charge in [-0.15, -0.1) is 0 Å². The van der Waals surface area contributed by atoms with Crippen molar-refractivity contribution in [1.82, 2.24) is 9.55 Å². The van der Waals surface area contributed by atoms with Crippen molar-refractivity contribution in [3.05, 3.63) is 106 Å². The summed E-state index contributed by atoms with van der Waals surface area (Å²) in [5.74, 6) is 0.625. The second-order valence-electron chi connectivity index (χ2n) is 12.6. The molecule has 0 radical (unpaired) electrons. The van der Waals surface area contributed by atoms with Gasteiger partial charge in [-0.1, -0.05) is 55.8 Å². The van der Waals surface area contributed by atoms with Crippen LogP contribution in [0.1, 0.15) is 94.4 Å². The number of unbranched alkanes of at least 4 members (excludes halogenated alkanes) is 1. The fraction of sp³-hybridized carbons (Fsp3) is 0.308. The minimum absolute atomic E-state index is 0.0933. The van der Waals surface area contributed by atoms with Crippen molar-refractivity contribution in [1.29, 1.82) is 0 Å². The van der Waals surface area contributed by atoms with Gasteiger partial charge in [0.15, 0.2) is 17.8 Å². The van der Waals surface area contributed by atoms with Crippen LogP contribution in [0.15, 0.2) is 71.7 Å². The second kappa shape index (κ2) is 14.6. The Hall–Kier alpha value is -5.31. The predicted octanol–water partition coefficient (Wildman–Crippen LogP) is 7.58. The van der Waals surface area contributed by atoms with Crippen molar-refractivity contribution in [2.24, 2.45) is 4.99 Å². The number of allylic oxidation sites excluding steroid dienone is 1. The molecule has 9 heteroatoms. The molecule has 248 valence electrons. The average Bonchev–Trinajstić information content (AvgIpc) is 3.41. The maximum atomic E-state index is 13.3. The molecule has 4 aromatic rings. The fourth-order valence-corrected chi connectivity index (χ4v) is 5.74. The first-order valence-electron chi connectivity index (χ1n) is 16.1. The maximum absolute atomic E-state index is 13.3. The molecule has 0 saturated carbocycles. The van der Waals surface area contributed by atoms with Crippen LogP contribution in [-0.4, -0.2) is 53.2 Å². The van der Waals surface area contributed by atoms with Gasteiger partial charge in [-0.3, -0.25) is 9.59 Å².